The van der Waals surface area contributed by atoms with E-state index in [1.165, 1.54) is 17.4 Å². The summed E-state index contributed by atoms with van der Waals surface area (Å²) in [5.41, 5.74) is 0.581. The van der Waals surface area contributed by atoms with E-state index >= 15 is 0 Å². The Morgan fingerprint density at radius 2 is 2.04 bits per heavy atom. The van der Waals surface area contributed by atoms with Gasteiger partial charge in [0.2, 0.25) is 11.7 Å². The Labute approximate surface area is 158 Å². The highest BCUT2D eigenvalue weighted by Gasteiger charge is 2.22. The largest absolute Gasteiger partial charge is 0.462 e. The first-order chi connectivity index (χ1) is 12.7. The molecule has 10 heteroatoms. The number of halogens is 1. The van der Waals surface area contributed by atoms with Crippen LogP contribution in [0.1, 0.15) is 27.7 Å². The Hall–Kier alpha value is -3.01. The Morgan fingerprint density at radius 1 is 1.33 bits per heavy atom. The maximum absolute atomic E-state index is 13.3. The van der Waals surface area contributed by atoms with Gasteiger partial charge in [0, 0.05) is 16.6 Å². The minimum atomic E-state index is -0.960. The molecule has 8 nitrogen and oxygen atoms in total. The number of thiophene rings is 1. The molecule has 0 aliphatic heterocycles. The number of anilines is 2. The Morgan fingerprint density at radius 3 is 2.67 bits per heavy atom. The second-order valence-corrected chi connectivity index (χ2v) is 6.76. The average molecular weight is 395 g/mol. The Balaban J connectivity index is 2.09. The first kappa shape index (κ1) is 20.3. The third-order valence-corrected chi connectivity index (χ3v) is 4.84. The fraction of sp³-hybridized carbons (Fsp3) is 0.294. The van der Waals surface area contributed by atoms with Crippen LogP contribution < -0.4 is 10.6 Å². The minimum Gasteiger partial charge on any atom is -0.462 e. The van der Waals surface area contributed by atoms with E-state index in [1.807, 2.05) is 6.92 Å². The van der Waals surface area contributed by atoms with Crippen molar-refractivity contribution < 1.29 is 23.6 Å². The lowest BCUT2D eigenvalue weighted by Crippen LogP contribution is -2.22. The summed E-state index contributed by atoms with van der Waals surface area (Å²) >= 11 is 1.25. The molecule has 0 saturated carbocycles. The SMILES string of the molecule is CCOC(=O)c1c(NC(=O)CNc2ccc(F)c([N+](=O)[O-])c2)sc(C)c1C. The number of hydrogen-bond acceptors (Lipinski definition) is 7. The number of nitro benzene ring substituents is 1. The molecule has 0 fully saturated rings. The van der Waals surface area contributed by atoms with Crippen molar-refractivity contribution >= 4 is 39.6 Å². The van der Waals surface area contributed by atoms with Gasteiger partial charge in [0.25, 0.3) is 0 Å². The van der Waals surface area contributed by atoms with Gasteiger partial charge in [-0.15, -0.1) is 11.3 Å². The highest BCUT2D eigenvalue weighted by Crippen LogP contribution is 2.33. The number of benzene rings is 1. The molecule has 2 rings (SSSR count). The first-order valence-electron chi connectivity index (χ1n) is 7.99. The molecule has 0 unspecified atom stereocenters. The van der Waals surface area contributed by atoms with Gasteiger partial charge in [0.15, 0.2) is 0 Å². The molecular formula is C17H18FN3O5S. The summed E-state index contributed by atoms with van der Waals surface area (Å²) in [6.45, 7) is 5.28. The lowest BCUT2D eigenvalue weighted by Gasteiger charge is -2.09. The van der Waals surface area contributed by atoms with Gasteiger partial charge in [-0.05, 0) is 38.5 Å². The summed E-state index contributed by atoms with van der Waals surface area (Å²) in [7, 11) is 0. The predicted molar refractivity (Wildman–Crippen MR) is 99.9 cm³/mol. The van der Waals surface area contributed by atoms with E-state index in [-0.39, 0.29) is 18.8 Å². The molecule has 0 aliphatic carbocycles. The van der Waals surface area contributed by atoms with E-state index < -0.39 is 28.3 Å². The topological polar surface area (TPSA) is 111 Å². The molecule has 0 spiro atoms. The Kier molecular flexibility index (Phi) is 6.45. The summed E-state index contributed by atoms with van der Waals surface area (Å²) < 4.78 is 18.4. The number of rotatable bonds is 7. The molecule has 0 bridgehead atoms. The average Bonchev–Trinajstić information content (AvgIpc) is 2.88. The lowest BCUT2D eigenvalue weighted by atomic mass is 10.1. The zero-order valence-electron chi connectivity index (χ0n) is 14.9. The van der Waals surface area contributed by atoms with E-state index in [4.69, 9.17) is 4.74 Å². The molecule has 1 aromatic carbocycles. The molecule has 1 heterocycles. The molecular weight excluding hydrogens is 377 g/mol. The fourth-order valence-electron chi connectivity index (χ4n) is 2.28. The molecule has 144 valence electrons. The third kappa shape index (κ3) is 4.79. The van der Waals surface area contributed by atoms with Gasteiger partial charge in [0.1, 0.15) is 5.00 Å². The Bertz CT molecular complexity index is 897. The van der Waals surface area contributed by atoms with Crippen molar-refractivity contribution in [1.82, 2.24) is 0 Å². The van der Waals surface area contributed by atoms with Crippen LogP contribution in [0.25, 0.3) is 0 Å². The van der Waals surface area contributed by atoms with Gasteiger partial charge in [-0.2, -0.15) is 4.39 Å². The van der Waals surface area contributed by atoms with E-state index in [0.29, 0.717) is 10.6 Å². The number of esters is 1. The molecule has 27 heavy (non-hydrogen) atoms. The number of ether oxygens (including phenoxy) is 1. The highest BCUT2D eigenvalue weighted by atomic mass is 32.1. The van der Waals surface area contributed by atoms with Gasteiger partial charge < -0.3 is 15.4 Å². The van der Waals surface area contributed by atoms with Crippen LogP contribution in [-0.2, 0) is 9.53 Å². The normalized spacial score (nSPS) is 10.4. The van der Waals surface area contributed by atoms with Crippen LogP contribution in [0, 0.1) is 29.8 Å². The number of nitrogens with one attached hydrogen (secondary N) is 2. The van der Waals surface area contributed by atoms with Crippen LogP contribution in [0.2, 0.25) is 0 Å². The van der Waals surface area contributed by atoms with Crippen molar-refractivity contribution in [3.05, 3.63) is 50.1 Å². The number of nitrogens with zero attached hydrogens (tertiary/aromatic N) is 1. The van der Waals surface area contributed by atoms with Crippen LogP contribution in [-0.4, -0.2) is 30.0 Å². The van der Waals surface area contributed by atoms with Crippen LogP contribution in [0.3, 0.4) is 0 Å². The van der Waals surface area contributed by atoms with E-state index in [2.05, 4.69) is 10.6 Å². The van der Waals surface area contributed by atoms with Crippen molar-refractivity contribution in [2.24, 2.45) is 0 Å². The van der Waals surface area contributed by atoms with Crippen molar-refractivity contribution in [2.45, 2.75) is 20.8 Å². The second-order valence-electron chi connectivity index (χ2n) is 5.53. The quantitative estimate of drug-likeness (QED) is 0.421. The predicted octanol–water partition coefficient (Wildman–Crippen LogP) is 3.64. The number of nitro groups is 1. The van der Waals surface area contributed by atoms with Gasteiger partial charge in [0.05, 0.1) is 23.6 Å². The second kappa shape index (κ2) is 8.58. The highest BCUT2D eigenvalue weighted by molar-refractivity contribution is 7.16. The zero-order chi connectivity index (χ0) is 20.1. The van der Waals surface area contributed by atoms with Gasteiger partial charge >= 0.3 is 11.7 Å². The number of carbonyl (C=O) groups is 2. The molecule has 0 saturated heterocycles. The van der Waals surface area contributed by atoms with Crippen LogP contribution in [0.15, 0.2) is 18.2 Å². The van der Waals surface area contributed by atoms with Crippen molar-refractivity contribution in [1.29, 1.82) is 0 Å². The monoisotopic (exact) mass is 395 g/mol. The maximum atomic E-state index is 13.3. The van der Waals surface area contributed by atoms with Crippen LogP contribution in [0.4, 0.5) is 20.8 Å². The molecule has 2 N–H and O–H groups in total. The summed E-state index contributed by atoms with van der Waals surface area (Å²) in [6.07, 6.45) is 0. The number of hydrogen-bond donors (Lipinski definition) is 2. The molecule has 2 aromatic rings. The third-order valence-electron chi connectivity index (χ3n) is 3.71. The summed E-state index contributed by atoms with van der Waals surface area (Å²) in [4.78, 5) is 35.1. The standard InChI is InChI=1S/C17H18FN3O5S/c1-4-26-17(23)15-9(2)10(3)27-16(15)20-14(22)8-19-11-5-6-12(18)13(7-11)21(24)25/h5-7,19H,4,8H2,1-3H3,(H,20,22). The van der Waals surface area contributed by atoms with Crippen LogP contribution >= 0.6 is 11.3 Å². The zero-order valence-corrected chi connectivity index (χ0v) is 15.7. The molecule has 0 aliphatic rings. The summed E-state index contributed by atoms with van der Waals surface area (Å²) in [5.74, 6) is -1.94. The fourth-order valence-corrected chi connectivity index (χ4v) is 3.34. The molecule has 0 radical (unpaired) electrons. The van der Waals surface area contributed by atoms with E-state index in [0.717, 1.165) is 22.6 Å². The minimum absolute atomic E-state index is 0.214. The summed E-state index contributed by atoms with van der Waals surface area (Å²) in [6, 6.07) is 3.24. The molecule has 1 aromatic heterocycles. The lowest BCUT2D eigenvalue weighted by molar-refractivity contribution is -0.387. The summed E-state index contributed by atoms with van der Waals surface area (Å²) in [5, 5.41) is 16.5. The number of aryl methyl sites for hydroxylation is 1. The first-order valence-corrected chi connectivity index (χ1v) is 8.81. The van der Waals surface area contributed by atoms with Gasteiger partial charge in [-0.25, -0.2) is 4.79 Å². The van der Waals surface area contributed by atoms with E-state index in [1.54, 1.807) is 13.8 Å². The maximum Gasteiger partial charge on any atom is 0.341 e. The smallest absolute Gasteiger partial charge is 0.341 e. The van der Waals surface area contributed by atoms with Gasteiger partial charge in [-0.1, -0.05) is 0 Å². The van der Waals surface area contributed by atoms with Crippen molar-refractivity contribution in [3.8, 4) is 0 Å². The van der Waals surface area contributed by atoms with Crippen molar-refractivity contribution in [2.75, 3.05) is 23.8 Å². The van der Waals surface area contributed by atoms with Gasteiger partial charge in [-0.3, -0.25) is 14.9 Å². The van der Waals surface area contributed by atoms with E-state index in [9.17, 15) is 24.1 Å². The number of amides is 1. The number of carbonyl (C=O) groups excluding carboxylic acids is 2. The molecule has 0 atom stereocenters. The molecule has 1 amide bonds. The van der Waals surface area contributed by atoms with Crippen molar-refractivity contribution in [3.63, 3.8) is 0 Å². The van der Waals surface area contributed by atoms with Crippen LogP contribution in [0.5, 0.6) is 0 Å².